The summed E-state index contributed by atoms with van der Waals surface area (Å²) in [6.45, 7) is 3.63. The fourth-order valence-electron chi connectivity index (χ4n) is 2.98. The number of benzene rings is 1. The Hall–Kier alpha value is -2.50. The van der Waals surface area contributed by atoms with Gasteiger partial charge in [-0.05, 0) is 49.9 Å². The van der Waals surface area contributed by atoms with Gasteiger partial charge in [0.25, 0.3) is 0 Å². The molecule has 1 aliphatic heterocycles. The fraction of sp³-hybridized carbons (Fsp3) is 0.444. The van der Waals surface area contributed by atoms with Crippen molar-refractivity contribution < 1.29 is 4.79 Å². The third kappa shape index (κ3) is 4.75. The Morgan fingerprint density at radius 2 is 2.04 bits per heavy atom. The number of anilines is 2. The van der Waals surface area contributed by atoms with E-state index >= 15 is 0 Å². The van der Waals surface area contributed by atoms with E-state index in [4.69, 9.17) is 0 Å². The van der Waals surface area contributed by atoms with Crippen LogP contribution in [0.2, 0.25) is 0 Å². The van der Waals surface area contributed by atoms with Crippen LogP contribution in [-0.4, -0.2) is 35.4 Å². The Balaban J connectivity index is 1.43. The summed E-state index contributed by atoms with van der Waals surface area (Å²) in [5.41, 5.74) is 2.02. The van der Waals surface area contributed by atoms with E-state index in [0.717, 1.165) is 31.7 Å². The summed E-state index contributed by atoms with van der Waals surface area (Å²) in [7, 11) is 0. The molecular weight excluding hydrogens is 302 g/mol. The fourth-order valence-corrected chi connectivity index (χ4v) is 2.98. The first-order valence-electron chi connectivity index (χ1n) is 8.68. The van der Waals surface area contributed by atoms with Crippen LogP contribution in [-0.2, 0) is 6.54 Å². The lowest BCUT2D eigenvalue weighted by atomic mass is 10.1. The van der Waals surface area contributed by atoms with Gasteiger partial charge < -0.3 is 15.5 Å². The third-order valence-corrected chi connectivity index (χ3v) is 4.23. The molecule has 1 aliphatic rings. The average molecular weight is 327 g/mol. The van der Waals surface area contributed by atoms with E-state index in [-0.39, 0.29) is 6.03 Å². The summed E-state index contributed by atoms with van der Waals surface area (Å²) in [6.07, 6.45) is 8.34. The minimum absolute atomic E-state index is 0.161. The maximum absolute atomic E-state index is 12.0. The molecule has 1 aromatic heterocycles. The number of hydrogen-bond acceptors (Lipinski definition) is 3. The number of nitrogens with zero attached hydrogens (tertiary/aromatic N) is 3. The minimum Gasteiger partial charge on any atom is -0.371 e. The van der Waals surface area contributed by atoms with Crippen molar-refractivity contribution in [1.29, 1.82) is 0 Å². The number of carbonyl (C=O) groups excluding carboxylic acids is 1. The molecule has 128 valence electrons. The van der Waals surface area contributed by atoms with Gasteiger partial charge in [-0.25, -0.2) is 4.79 Å². The zero-order chi connectivity index (χ0) is 16.6. The van der Waals surface area contributed by atoms with Crippen LogP contribution < -0.4 is 15.5 Å². The Kier molecular flexibility index (Phi) is 5.71. The Bertz CT molecular complexity index is 635. The summed E-state index contributed by atoms with van der Waals surface area (Å²) in [6, 6.07) is 9.82. The van der Waals surface area contributed by atoms with E-state index in [2.05, 4.69) is 32.8 Å². The second-order valence-electron chi connectivity index (χ2n) is 6.10. The number of aryl methyl sites for hydroxylation is 1. The number of amides is 2. The van der Waals surface area contributed by atoms with Crippen LogP contribution in [0.25, 0.3) is 0 Å². The Labute approximate surface area is 142 Å². The molecule has 1 aromatic carbocycles. The molecule has 2 heterocycles. The smallest absolute Gasteiger partial charge is 0.319 e. The zero-order valence-electron chi connectivity index (χ0n) is 13.9. The van der Waals surface area contributed by atoms with E-state index < -0.39 is 0 Å². The van der Waals surface area contributed by atoms with Crippen molar-refractivity contribution in [2.24, 2.45) is 0 Å². The molecule has 0 unspecified atom stereocenters. The average Bonchev–Trinajstić information content (AvgIpc) is 3.13. The molecule has 0 bridgehead atoms. The molecule has 0 spiro atoms. The monoisotopic (exact) mass is 327 g/mol. The minimum atomic E-state index is -0.161. The molecule has 0 atom stereocenters. The number of nitrogens with one attached hydrogen (secondary N) is 2. The van der Waals surface area contributed by atoms with Gasteiger partial charge in [0.2, 0.25) is 0 Å². The molecule has 3 rings (SSSR count). The molecule has 0 radical (unpaired) electrons. The molecule has 0 aliphatic carbocycles. The van der Waals surface area contributed by atoms with Crippen LogP contribution in [0.15, 0.2) is 42.7 Å². The van der Waals surface area contributed by atoms with Crippen molar-refractivity contribution >= 4 is 17.4 Å². The highest BCUT2D eigenvalue weighted by Gasteiger charge is 2.11. The lowest BCUT2D eigenvalue weighted by Crippen LogP contribution is -2.31. The zero-order valence-corrected chi connectivity index (χ0v) is 13.9. The lowest BCUT2D eigenvalue weighted by Gasteiger charge is -2.29. The first-order valence-corrected chi connectivity index (χ1v) is 8.68. The first kappa shape index (κ1) is 16.4. The Morgan fingerprint density at radius 3 is 2.83 bits per heavy atom. The van der Waals surface area contributed by atoms with Crippen molar-refractivity contribution in [1.82, 2.24) is 15.1 Å². The van der Waals surface area contributed by atoms with E-state index in [9.17, 15) is 4.79 Å². The van der Waals surface area contributed by atoms with Gasteiger partial charge in [0, 0.05) is 49.9 Å². The molecule has 2 amide bonds. The van der Waals surface area contributed by atoms with Crippen molar-refractivity contribution in [3.8, 4) is 0 Å². The molecule has 2 aromatic rings. The molecule has 6 heteroatoms. The lowest BCUT2D eigenvalue weighted by molar-refractivity contribution is 0.251. The third-order valence-electron chi connectivity index (χ3n) is 4.23. The van der Waals surface area contributed by atoms with Crippen LogP contribution in [0.1, 0.15) is 25.7 Å². The number of piperidine rings is 1. The summed E-state index contributed by atoms with van der Waals surface area (Å²) in [5, 5.41) is 9.94. The highest BCUT2D eigenvalue weighted by Crippen LogP contribution is 2.22. The van der Waals surface area contributed by atoms with Crippen molar-refractivity contribution in [3.63, 3.8) is 0 Å². The van der Waals surface area contributed by atoms with E-state index in [1.54, 1.807) is 6.20 Å². The van der Waals surface area contributed by atoms with E-state index in [1.165, 1.54) is 24.9 Å². The molecule has 0 saturated carbocycles. The topological polar surface area (TPSA) is 62.2 Å². The van der Waals surface area contributed by atoms with Gasteiger partial charge in [-0.1, -0.05) is 6.07 Å². The number of hydrogen-bond donors (Lipinski definition) is 2. The molecule has 1 fully saturated rings. The van der Waals surface area contributed by atoms with E-state index in [1.807, 2.05) is 29.1 Å². The van der Waals surface area contributed by atoms with Crippen LogP contribution in [0, 0.1) is 0 Å². The summed E-state index contributed by atoms with van der Waals surface area (Å²) < 4.78 is 1.86. The maximum atomic E-state index is 12.0. The molecule has 24 heavy (non-hydrogen) atoms. The maximum Gasteiger partial charge on any atom is 0.319 e. The highest BCUT2D eigenvalue weighted by atomic mass is 16.2. The van der Waals surface area contributed by atoms with Crippen molar-refractivity contribution in [2.45, 2.75) is 32.2 Å². The number of carbonyl (C=O) groups is 1. The summed E-state index contributed by atoms with van der Waals surface area (Å²) in [5.74, 6) is 0. The Morgan fingerprint density at radius 1 is 1.17 bits per heavy atom. The van der Waals surface area contributed by atoms with Crippen molar-refractivity contribution in [3.05, 3.63) is 42.7 Å². The largest absolute Gasteiger partial charge is 0.371 e. The molecule has 1 saturated heterocycles. The number of urea groups is 1. The summed E-state index contributed by atoms with van der Waals surface area (Å²) >= 11 is 0. The van der Waals surface area contributed by atoms with Gasteiger partial charge in [0.1, 0.15) is 0 Å². The predicted octanol–water partition coefficient (Wildman–Crippen LogP) is 3.09. The van der Waals surface area contributed by atoms with Crippen LogP contribution >= 0.6 is 0 Å². The van der Waals surface area contributed by atoms with Crippen LogP contribution in [0.5, 0.6) is 0 Å². The van der Waals surface area contributed by atoms with Crippen molar-refractivity contribution in [2.75, 3.05) is 29.9 Å². The molecule has 2 N–H and O–H groups in total. The SMILES string of the molecule is O=C(NCCCn1cccn1)Nc1cccc(N2CCCCC2)c1. The van der Waals surface area contributed by atoms with Gasteiger partial charge in [-0.2, -0.15) is 5.10 Å². The highest BCUT2D eigenvalue weighted by molar-refractivity contribution is 5.89. The summed E-state index contributed by atoms with van der Waals surface area (Å²) in [4.78, 5) is 14.4. The van der Waals surface area contributed by atoms with Gasteiger partial charge in [0.05, 0.1) is 0 Å². The van der Waals surface area contributed by atoms with Gasteiger partial charge >= 0.3 is 6.03 Å². The second kappa shape index (κ2) is 8.38. The number of aromatic nitrogens is 2. The second-order valence-corrected chi connectivity index (χ2v) is 6.10. The van der Waals surface area contributed by atoms with Crippen LogP contribution in [0.3, 0.4) is 0 Å². The molecule has 6 nitrogen and oxygen atoms in total. The van der Waals surface area contributed by atoms with Gasteiger partial charge in [-0.15, -0.1) is 0 Å². The quantitative estimate of drug-likeness (QED) is 0.802. The first-order chi connectivity index (χ1) is 11.8. The van der Waals surface area contributed by atoms with E-state index in [0.29, 0.717) is 6.54 Å². The molecular formula is C18H25N5O. The van der Waals surface area contributed by atoms with Gasteiger partial charge in [0.15, 0.2) is 0 Å². The standard InChI is InChI=1S/C18H25N5O/c24-18(19-9-5-13-23-14-6-10-20-23)21-16-7-4-8-17(15-16)22-11-2-1-3-12-22/h4,6-8,10,14-15H,1-3,5,9,11-13H2,(H2,19,21,24). The normalized spacial score (nSPS) is 14.4. The van der Waals surface area contributed by atoms with Crippen LogP contribution in [0.4, 0.5) is 16.2 Å². The van der Waals surface area contributed by atoms with Gasteiger partial charge in [-0.3, -0.25) is 4.68 Å². The number of rotatable bonds is 6. The predicted molar refractivity (Wildman–Crippen MR) is 96.4 cm³/mol.